The minimum absolute atomic E-state index is 0.120. The Bertz CT molecular complexity index is 581. The molecule has 0 aliphatic carbocycles. The molecule has 1 N–H and O–H groups in total. The van der Waals surface area contributed by atoms with Crippen LogP contribution >= 0.6 is 11.8 Å². The summed E-state index contributed by atoms with van der Waals surface area (Å²) in [7, 11) is 1.82. The molecule has 0 aliphatic heterocycles. The number of nitrogens with zero attached hydrogens (tertiary/aromatic N) is 5. The van der Waals surface area contributed by atoms with Crippen LogP contribution in [0.15, 0.2) is 10.2 Å². The SMILES string of the molecule is Cc1nc(C)c(C)c(Sc2nnc(CO)n2C)n1. The first-order valence-corrected chi connectivity index (χ1v) is 6.33. The highest BCUT2D eigenvalue weighted by molar-refractivity contribution is 7.99. The van der Waals surface area contributed by atoms with Gasteiger partial charge in [0.25, 0.3) is 0 Å². The maximum atomic E-state index is 9.08. The summed E-state index contributed by atoms with van der Waals surface area (Å²) < 4.78 is 1.76. The molecule has 0 bridgehead atoms. The van der Waals surface area contributed by atoms with Gasteiger partial charge in [-0.05, 0) is 32.5 Å². The zero-order valence-electron chi connectivity index (χ0n) is 10.8. The van der Waals surface area contributed by atoms with Crippen molar-refractivity contribution in [2.75, 3.05) is 0 Å². The van der Waals surface area contributed by atoms with Crippen LogP contribution in [0.5, 0.6) is 0 Å². The van der Waals surface area contributed by atoms with Crippen LogP contribution < -0.4 is 0 Å². The highest BCUT2D eigenvalue weighted by Crippen LogP contribution is 2.28. The third kappa shape index (κ3) is 2.37. The molecule has 2 aromatic rings. The first kappa shape index (κ1) is 13.0. The van der Waals surface area contributed by atoms with E-state index in [1.807, 2.05) is 27.8 Å². The summed E-state index contributed by atoms with van der Waals surface area (Å²) in [4.78, 5) is 8.73. The van der Waals surface area contributed by atoms with E-state index in [9.17, 15) is 0 Å². The maximum absolute atomic E-state index is 9.08. The molecule has 18 heavy (non-hydrogen) atoms. The van der Waals surface area contributed by atoms with Crippen molar-refractivity contribution in [1.82, 2.24) is 24.7 Å². The Morgan fingerprint density at radius 2 is 1.89 bits per heavy atom. The van der Waals surface area contributed by atoms with Gasteiger partial charge in [0.05, 0.1) is 0 Å². The fourth-order valence-corrected chi connectivity index (χ4v) is 2.47. The molecule has 0 fully saturated rings. The number of hydrogen-bond acceptors (Lipinski definition) is 6. The molecular formula is C11H15N5OS. The molecule has 2 rings (SSSR count). The molecule has 0 atom stereocenters. The second kappa shape index (κ2) is 5.03. The van der Waals surface area contributed by atoms with E-state index in [0.29, 0.717) is 11.0 Å². The number of aliphatic hydroxyl groups excluding tert-OH is 1. The van der Waals surface area contributed by atoms with E-state index >= 15 is 0 Å². The third-order valence-electron chi connectivity index (χ3n) is 2.71. The summed E-state index contributed by atoms with van der Waals surface area (Å²) in [5.74, 6) is 1.28. The van der Waals surface area contributed by atoms with E-state index in [0.717, 1.165) is 22.1 Å². The van der Waals surface area contributed by atoms with Crippen molar-refractivity contribution in [2.45, 2.75) is 37.6 Å². The molecule has 7 heteroatoms. The van der Waals surface area contributed by atoms with E-state index in [4.69, 9.17) is 5.11 Å². The molecule has 0 saturated heterocycles. The number of aromatic nitrogens is 5. The third-order valence-corrected chi connectivity index (χ3v) is 3.84. The Kier molecular flexibility index (Phi) is 3.63. The van der Waals surface area contributed by atoms with Crippen molar-refractivity contribution >= 4 is 11.8 Å². The van der Waals surface area contributed by atoms with E-state index in [2.05, 4.69) is 20.2 Å². The summed E-state index contributed by atoms with van der Waals surface area (Å²) in [6.07, 6.45) is 0. The highest BCUT2D eigenvalue weighted by atomic mass is 32.2. The molecule has 96 valence electrons. The molecule has 0 radical (unpaired) electrons. The van der Waals surface area contributed by atoms with Gasteiger partial charge in [0.15, 0.2) is 11.0 Å². The van der Waals surface area contributed by atoms with Gasteiger partial charge in [-0.3, -0.25) is 0 Å². The summed E-state index contributed by atoms with van der Waals surface area (Å²) in [5.41, 5.74) is 2.01. The Balaban J connectivity index is 2.37. The van der Waals surface area contributed by atoms with Crippen molar-refractivity contribution in [3.05, 3.63) is 22.9 Å². The van der Waals surface area contributed by atoms with E-state index in [1.54, 1.807) is 4.57 Å². The molecule has 6 nitrogen and oxygen atoms in total. The van der Waals surface area contributed by atoms with Gasteiger partial charge in [0.1, 0.15) is 17.5 Å². The molecule has 2 heterocycles. The Morgan fingerprint density at radius 3 is 2.50 bits per heavy atom. The van der Waals surface area contributed by atoms with Crippen molar-refractivity contribution in [3.63, 3.8) is 0 Å². The molecule has 0 unspecified atom stereocenters. The van der Waals surface area contributed by atoms with Gasteiger partial charge in [0, 0.05) is 18.3 Å². The van der Waals surface area contributed by atoms with E-state index in [-0.39, 0.29) is 6.61 Å². The van der Waals surface area contributed by atoms with Gasteiger partial charge in [-0.25, -0.2) is 9.97 Å². The van der Waals surface area contributed by atoms with E-state index in [1.165, 1.54) is 11.8 Å². The second-order valence-corrected chi connectivity index (χ2v) is 4.96. The van der Waals surface area contributed by atoms with Crippen LogP contribution in [0.1, 0.15) is 22.9 Å². The lowest BCUT2D eigenvalue weighted by Crippen LogP contribution is -2.01. The highest BCUT2D eigenvalue weighted by Gasteiger charge is 2.13. The summed E-state index contributed by atoms with van der Waals surface area (Å²) >= 11 is 1.43. The Labute approximate surface area is 109 Å². The number of hydrogen-bond donors (Lipinski definition) is 1. The molecule has 0 spiro atoms. The number of aliphatic hydroxyl groups is 1. The van der Waals surface area contributed by atoms with Crippen LogP contribution in [0, 0.1) is 20.8 Å². The molecular weight excluding hydrogens is 250 g/mol. The Hall–Kier alpha value is -1.47. The molecule has 0 amide bonds. The fourth-order valence-electron chi connectivity index (χ4n) is 1.49. The maximum Gasteiger partial charge on any atom is 0.197 e. The second-order valence-electron chi connectivity index (χ2n) is 4.00. The molecule has 0 saturated carbocycles. The quantitative estimate of drug-likeness (QED) is 0.840. The summed E-state index contributed by atoms with van der Waals surface area (Å²) in [6.45, 7) is 5.70. The van der Waals surface area contributed by atoms with Gasteiger partial charge < -0.3 is 9.67 Å². The smallest absolute Gasteiger partial charge is 0.197 e. The van der Waals surface area contributed by atoms with Crippen LogP contribution in [-0.2, 0) is 13.7 Å². The summed E-state index contributed by atoms with van der Waals surface area (Å²) in [5, 5.41) is 18.6. The van der Waals surface area contributed by atoms with Crippen LogP contribution in [0.4, 0.5) is 0 Å². The monoisotopic (exact) mass is 265 g/mol. The normalized spacial score (nSPS) is 10.9. The van der Waals surface area contributed by atoms with E-state index < -0.39 is 0 Å². The standard InChI is InChI=1S/C11H15N5OS/c1-6-7(2)12-8(3)13-10(6)18-11-15-14-9(5-17)16(11)4/h17H,5H2,1-4H3. The first-order valence-electron chi connectivity index (χ1n) is 5.51. The van der Waals surface area contributed by atoms with Gasteiger partial charge >= 0.3 is 0 Å². The predicted molar refractivity (Wildman–Crippen MR) is 67.3 cm³/mol. The first-order chi connectivity index (χ1) is 8.52. The van der Waals surface area contributed by atoms with Crippen LogP contribution in [0.3, 0.4) is 0 Å². The average Bonchev–Trinajstić information content (AvgIpc) is 2.67. The van der Waals surface area contributed by atoms with Gasteiger partial charge in [-0.15, -0.1) is 10.2 Å². The fraction of sp³-hybridized carbons (Fsp3) is 0.455. The number of aryl methyl sites for hydroxylation is 2. The largest absolute Gasteiger partial charge is 0.388 e. The number of rotatable bonds is 3. The lowest BCUT2D eigenvalue weighted by molar-refractivity contribution is 0.266. The van der Waals surface area contributed by atoms with Crippen LogP contribution in [0.25, 0.3) is 0 Å². The molecule has 0 aromatic carbocycles. The lowest BCUT2D eigenvalue weighted by atomic mass is 10.3. The van der Waals surface area contributed by atoms with Crippen molar-refractivity contribution < 1.29 is 5.11 Å². The van der Waals surface area contributed by atoms with Crippen molar-refractivity contribution in [3.8, 4) is 0 Å². The van der Waals surface area contributed by atoms with Gasteiger partial charge in [-0.1, -0.05) is 0 Å². The zero-order valence-corrected chi connectivity index (χ0v) is 11.6. The lowest BCUT2D eigenvalue weighted by Gasteiger charge is -2.07. The van der Waals surface area contributed by atoms with Crippen LogP contribution in [-0.4, -0.2) is 29.8 Å². The van der Waals surface area contributed by atoms with Gasteiger partial charge in [-0.2, -0.15) is 0 Å². The van der Waals surface area contributed by atoms with Gasteiger partial charge in [0.2, 0.25) is 0 Å². The molecule has 0 aliphatic rings. The Morgan fingerprint density at radius 1 is 1.17 bits per heavy atom. The van der Waals surface area contributed by atoms with Crippen LogP contribution in [0.2, 0.25) is 0 Å². The van der Waals surface area contributed by atoms with Crippen molar-refractivity contribution in [2.24, 2.45) is 7.05 Å². The average molecular weight is 265 g/mol. The minimum atomic E-state index is -0.120. The predicted octanol–water partition coefficient (Wildman–Crippen LogP) is 1.17. The van der Waals surface area contributed by atoms with Crippen molar-refractivity contribution in [1.29, 1.82) is 0 Å². The molecule has 2 aromatic heterocycles. The topological polar surface area (TPSA) is 76.7 Å². The summed E-state index contributed by atoms with van der Waals surface area (Å²) in [6, 6.07) is 0. The minimum Gasteiger partial charge on any atom is -0.388 e. The zero-order chi connectivity index (χ0) is 13.3.